The Hall–Kier alpha value is -6.22. The molecule has 0 saturated carbocycles. The number of aryl methyl sites for hydroxylation is 2. The second kappa shape index (κ2) is 9.26. The Kier molecular flexibility index (Phi) is 5.59. The molecule has 6 aromatic rings. The standard InChI is InChI=1S/C32H16N6O2/c1-17-3-7-19(8-4-17)24-11-21-12-25(20-9-5-18(2)6-10-20)29-28(38-32(39-29)23(15-35)16-36)26(21)30-27(24)37-31(40-30)22(13-33)14-34/h3-12H,1-2H3. The zero-order chi connectivity index (χ0) is 28.0. The van der Waals surface area contributed by atoms with Crippen molar-refractivity contribution in [1.29, 1.82) is 21.0 Å². The number of nitrogens with zero attached hydrogens (tertiary/aromatic N) is 6. The lowest BCUT2D eigenvalue weighted by Crippen LogP contribution is -2.03. The fourth-order valence-corrected chi connectivity index (χ4v) is 4.71. The minimum absolute atomic E-state index is 0.110. The Morgan fingerprint density at radius 1 is 0.600 bits per heavy atom. The Morgan fingerprint density at radius 3 is 1.57 bits per heavy atom. The predicted octanol–water partition coefficient (Wildman–Crippen LogP) is 5.47. The van der Waals surface area contributed by atoms with Crippen LogP contribution in [0.1, 0.15) is 11.1 Å². The van der Waals surface area contributed by atoms with Gasteiger partial charge in [-0.05, 0) is 42.5 Å². The maximum Gasteiger partial charge on any atom is 0.249 e. The largest absolute Gasteiger partial charge is 0.434 e. The van der Waals surface area contributed by atoms with E-state index in [1.54, 1.807) is 0 Å². The Bertz CT molecular complexity index is 2120. The number of aromatic nitrogens is 2. The first kappa shape index (κ1) is 24.1. The van der Waals surface area contributed by atoms with Crippen LogP contribution in [-0.4, -0.2) is 9.97 Å². The Labute approximate surface area is 227 Å². The molecule has 40 heavy (non-hydrogen) atoms. The number of fused-ring (bicyclic) bond motifs is 5. The highest BCUT2D eigenvalue weighted by atomic mass is 16.3. The molecule has 186 valence electrons. The normalized spacial score (nSPS) is 10.7. The van der Waals surface area contributed by atoms with Crippen molar-refractivity contribution in [2.24, 2.45) is 0 Å². The molecule has 0 aliphatic heterocycles. The van der Waals surface area contributed by atoms with Gasteiger partial charge in [-0.2, -0.15) is 21.0 Å². The van der Waals surface area contributed by atoms with Crippen molar-refractivity contribution < 1.29 is 8.83 Å². The van der Waals surface area contributed by atoms with Crippen LogP contribution in [-0.2, 0) is 0 Å². The fourth-order valence-electron chi connectivity index (χ4n) is 4.71. The van der Waals surface area contributed by atoms with Crippen molar-refractivity contribution in [2.45, 2.75) is 13.8 Å². The molecule has 0 fully saturated rings. The van der Waals surface area contributed by atoms with Gasteiger partial charge >= 0.3 is 0 Å². The summed E-state index contributed by atoms with van der Waals surface area (Å²) in [6.07, 6.45) is 0. The summed E-state index contributed by atoms with van der Waals surface area (Å²) >= 11 is 0. The molecule has 8 heteroatoms. The number of hydrogen-bond donors (Lipinski definition) is 0. The van der Waals surface area contributed by atoms with E-state index in [0.29, 0.717) is 33.1 Å². The molecule has 0 spiro atoms. The topological polar surface area (TPSA) is 147 Å². The number of hydrogen-bond acceptors (Lipinski definition) is 8. The molecule has 0 N–H and O–H groups in total. The van der Waals surface area contributed by atoms with E-state index in [9.17, 15) is 21.0 Å². The third-order valence-corrected chi connectivity index (χ3v) is 6.71. The lowest BCUT2D eigenvalue weighted by molar-refractivity contribution is 0.560. The molecule has 0 aliphatic carbocycles. The predicted molar refractivity (Wildman–Crippen MR) is 148 cm³/mol. The molecular weight excluding hydrogens is 500 g/mol. The van der Waals surface area contributed by atoms with E-state index in [4.69, 9.17) is 8.83 Å². The van der Waals surface area contributed by atoms with Crippen molar-refractivity contribution in [2.75, 3.05) is 0 Å². The van der Waals surface area contributed by atoms with Crippen molar-refractivity contribution in [3.8, 4) is 46.5 Å². The van der Waals surface area contributed by atoms with Gasteiger partial charge in [0.05, 0.1) is 5.39 Å². The van der Waals surface area contributed by atoms with E-state index in [0.717, 1.165) is 33.2 Å². The van der Waals surface area contributed by atoms with Gasteiger partial charge in [-0.25, -0.2) is 9.97 Å². The summed E-state index contributed by atoms with van der Waals surface area (Å²) in [5, 5.41) is 39.3. The van der Waals surface area contributed by atoms with Gasteiger partial charge in [0.2, 0.25) is 11.1 Å². The molecule has 0 amide bonds. The molecular formula is C32H16N6O2. The third kappa shape index (κ3) is 3.74. The van der Waals surface area contributed by atoms with Crippen molar-refractivity contribution in [3.63, 3.8) is 0 Å². The molecule has 0 atom stereocenters. The molecule has 4 aromatic carbocycles. The average Bonchev–Trinajstić information content (AvgIpc) is 3.60. The number of nitriles is 4. The van der Waals surface area contributed by atoms with Gasteiger partial charge in [0.15, 0.2) is 22.3 Å². The van der Waals surface area contributed by atoms with Crippen LogP contribution in [0.4, 0.5) is 0 Å². The summed E-state index contributed by atoms with van der Waals surface area (Å²) in [6.45, 7) is 3.99. The highest BCUT2D eigenvalue weighted by molar-refractivity contribution is 6.21. The van der Waals surface area contributed by atoms with Gasteiger partial charge in [-0.1, -0.05) is 59.7 Å². The summed E-state index contributed by atoms with van der Waals surface area (Å²) in [6, 6.07) is 27.1. The molecule has 0 saturated heterocycles. The molecule has 8 nitrogen and oxygen atoms in total. The lowest BCUT2D eigenvalue weighted by Gasteiger charge is -2.10. The molecule has 0 bridgehead atoms. The van der Waals surface area contributed by atoms with Crippen molar-refractivity contribution in [1.82, 2.24) is 9.97 Å². The minimum atomic E-state index is -0.269. The Balaban J connectivity index is 1.87. The summed E-state index contributed by atoms with van der Waals surface area (Å²) < 4.78 is 12.1. The van der Waals surface area contributed by atoms with Crippen LogP contribution in [0.15, 0.2) is 69.5 Å². The van der Waals surface area contributed by atoms with Gasteiger partial charge in [0.1, 0.15) is 35.3 Å². The van der Waals surface area contributed by atoms with Crippen LogP contribution in [0.2, 0.25) is 0 Å². The van der Waals surface area contributed by atoms with Gasteiger partial charge in [0, 0.05) is 11.1 Å². The summed E-state index contributed by atoms with van der Waals surface area (Å²) in [7, 11) is 0. The highest BCUT2D eigenvalue weighted by Crippen LogP contribution is 2.40. The van der Waals surface area contributed by atoms with E-state index in [1.807, 2.05) is 98.8 Å². The highest BCUT2D eigenvalue weighted by Gasteiger charge is 2.22. The fraction of sp³-hybridized carbons (Fsp3) is 0.0625. The zero-order valence-corrected chi connectivity index (χ0v) is 21.3. The maximum absolute atomic E-state index is 9.51. The molecule has 6 rings (SSSR count). The van der Waals surface area contributed by atoms with Crippen molar-refractivity contribution in [3.05, 3.63) is 82.9 Å². The molecule has 2 aromatic heterocycles. The molecule has 0 radical (unpaired) electrons. The number of benzene rings is 4. The first-order chi connectivity index (χ1) is 19.4. The maximum atomic E-state index is 9.51. The molecule has 0 unspecified atom stereocenters. The van der Waals surface area contributed by atoms with Gasteiger partial charge in [-0.3, -0.25) is 0 Å². The molecule has 2 heterocycles. The van der Waals surface area contributed by atoms with Crippen LogP contribution in [0.3, 0.4) is 0 Å². The quantitative estimate of drug-likeness (QED) is 0.294. The summed E-state index contributed by atoms with van der Waals surface area (Å²) in [5.41, 5.74) is 6.08. The molecule has 0 aliphatic rings. The average molecular weight is 517 g/mol. The Morgan fingerprint density at radius 2 is 1.05 bits per heavy atom. The van der Waals surface area contributed by atoms with E-state index < -0.39 is 0 Å². The van der Waals surface area contributed by atoms with E-state index in [-0.39, 0.29) is 22.2 Å². The minimum Gasteiger partial charge on any atom is -0.434 e. The van der Waals surface area contributed by atoms with Gasteiger partial charge in [-0.15, -0.1) is 0 Å². The van der Waals surface area contributed by atoms with E-state index >= 15 is 0 Å². The third-order valence-electron chi connectivity index (χ3n) is 6.71. The monoisotopic (exact) mass is 516 g/mol. The smallest absolute Gasteiger partial charge is 0.249 e. The second-order valence-electron chi connectivity index (χ2n) is 9.27. The van der Waals surface area contributed by atoms with Crippen LogP contribution in [0.5, 0.6) is 0 Å². The van der Waals surface area contributed by atoms with Crippen LogP contribution < -0.4 is 11.1 Å². The first-order valence-electron chi connectivity index (χ1n) is 12.2. The second-order valence-corrected chi connectivity index (χ2v) is 9.27. The van der Waals surface area contributed by atoms with Crippen LogP contribution in [0.25, 0.3) is 66.4 Å². The summed E-state index contributed by atoms with van der Waals surface area (Å²) in [4.78, 5) is 9.13. The zero-order valence-electron chi connectivity index (χ0n) is 21.3. The van der Waals surface area contributed by atoms with Crippen LogP contribution >= 0.6 is 0 Å². The van der Waals surface area contributed by atoms with Crippen LogP contribution in [0, 0.1) is 59.2 Å². The van der Waals surface area contributed by atoms with Gasteiger partial charge < -0.3 is 8.83 Å². The van der Waals surface area contributed by atoms with Gasteiger partial charge in [0.25, 0.3) is 0 Å². The number of oxazole rings is 2. The van der Waals surface area contributed by atoms with E-state index in [2.05, 4.69) is 9.97 Å². The summed E-state index contributed by atoms with van der Waals surface area (Å²) in [5.74, 6) is 0. The SMILES string of the molecule is Cc1ccc(-c2cc3cc(-c4ccc(C)cc4)c4oc(=C(C#N)C#N)nc4c3c3oc(=C(C#N)C#N)nc23)cc1. The van der Waals surface area contributed by atoms with Crippen molar-refractivity contribution >= 4 is 44.1 Å². The number of rotatable bonds is 2. The first-order valence-corrected chi connectivity index (χ1v) is 12.2. The van der Waals surface area contributed by atoms with E-state index in [1.165, 1.54) is 0 Å². The lowest BCUT2D eigenvalue weighted by atomic mass is 9.94.